The van der Waals surface area contributed by atoms with Gasteiger partial charge in [-0.25, -0.2) is 0 Å². The molecule has 0 saturated carbocycles. The summed E-state index contributed by atoms with van der Waals surface area (Å²) in [5, 5.41) is 0. The fraction of sp³-hybridized carbons (Fsp3) is 0.708. The van der Waals surface area contributed by atoms with Gasteiger partial charge >= 0.3 is 5.97 Å². The van der Waals surface area contributed by atoms with E-state index in [1.54, 1.807) is 14.0 Å². The van der Waals surface area contributed by atoms with Crippen molar-refractivity contribution in [3.8, 4) is 0 Å². The van der Waals surface area contributed by atoms with Gasteiger partial charge in [0.1, 0.15) is 10.9 Å². The number of methoxy groups -OCH3 is 1. The van der Waals surface area contributed by atoms with Crippen LogP contribution >= 0.6 is 15.9 Å². The molecule has 1 rings (SSSR count). The van der Waals surface area contributed by atoms with Gasteiger partial charge in [-0.15, -0.1) is 0 Å². The zero-order valence-electron chi connectivity index (χ0n) is 20.6. The van der Waals surface area contributed by atoms with E-state index in [1.165, 1.54) is 59.1 Å². The maximum atomic E-state index is 12.0. The number of Topliss-reactive ketones (excluding diaryl/α,β-unsaturated/α-hetero) is 2. The van der Waals surface area contributed by atoms with Crippen LogP contribution in [0.1, 0.15) is 72.6 Å². The number of aldehydes is 1. The maximum absolute atomic E-state index is 12.0. The van der Waals surface area contributed by atoms with Crippen molar-refractivity contribution in [2.45, 2.75) is 84.5 Å². The summed E-state index contributed by atoms with van der Waals surface area (Å²) in [7, 11) is 2.89. The fourth-order valence-electron chi connectivity index (χ4n) is 2.88. The number of ether oxygens (including phenoxy) is 3. The first-order valence-corrected chi connectivity index (χ1v) is 12.0. The molecule has 1 saturated heterocycles. The molecule has 33 heavy (non-hydrogen) atoms. The van der Waals surface area contributed by atoms with Crippen LogP contribution in [0.25, 0.3) is 0 Å². The lowest BCUT2D eigenvalue weighted by Crippen LogP contribution is -2.36. The molecule has 9 heteroatoms. The molecule has 2 unspecified atom stereocenters. The number of aliphatic imine (C=N–C) groups is 1. The van der Waals surface area contributed by atoms with E-state index in [-0.39, 0.29) is 24.9 Å². The third-order valence-electron chi connectivity index (χ3n) is 5.05. The smallest absolute Gasteiger partial charge is 0.326 e. The minimum Gasteiger partial charge on any atom is -0.433 e. The maximum Gasteiger partial charge on any atom is 0.326 e. The lowest BCUT2D eigenvalue weighted by Gasteiger charge is -2.24. The monoisotopic (exact) mass is 531 g/mol. The number of allylic oxidation sites excluding steroid dienone is 2. The Balaban J connectivity index is 0.000000938. The van der Waals surface area contributed by atoms with Gasteiger partial charge in [0.25, 0.3) is 0 Å². The predicted molar refractivity (Wildman–Crippen MR) is 131 cm³/mol. The lowest BCUT2D eigenvalue weighted by molar-refractivity contribution is -0.208. The SMILES string of the molecule is CCCC1CCCCO1.CN=C(Br)/C=C(\C)C(=O)CCC(=O)C(C=O)C(=O)OC(C)(C)OC. The molecule has 0 amide bonds. The van der Waals surface area contributed by atoms with Gasteiger partial charge < -0.3 is 19.0 Å². The molecule has 2 atom stereocenters. The minimum absolute atomic E-state index is 0.115. The van der Waals surface area contributed by atoms with Crippen molar-refractivity contribution < 1.29 is 33.4 Å². The van der Waals surface area contributed by atoms with Crippen molar-refractivity contribution in [3.05, 3.63) is 11.6 Å². The topological polar surface area (TPSA) is 108 Å². The zero-order valence-corrected chi connectivity index (χ0v) is 22.2. The number of rotatable bonds is 12. The number of carbonyl (C=O) groups is 4. The van der Waals surface area contributed by atoms with Crippen LogP contribution in [0.5, 0.6) is 0 Å². The standard InChI is InChI=1S/C16H22BrNO6.C8H16O/c1-10(8-14(17)18-4)12(20)6-7-13(21)11(9-19)15(22)24-16(2,3)23-5;1-2-5-8-6-3-4-7-9-8/h8-9,11H,6-7H2,1-5H3;8H,2-7H2,1H3/b10-8+,18-14?;. The number of ketones is 2. The van der Waals surface area contributed by atoms with E-state index in [0.29, 0.717) is 16.3 Å². The van der Waals surface area contributed by atoms with Crippen molar-refractivity contribution in [1.82, 2.24) is 0 Å². The summed E-state index contributed by atoms with van der Waals surface area (Å²) in [6, 6.07) is 0. The molecule has 0 aromatic rings. The highest BCUT2D eigenvalue weighted by atomic mass is 79.9. The number of nitrogens with zero attached hydrogens (tertiary/aromatic N) is 1. The quantitative estimate of drug-likeness (QED) is 0.0917. The molecule has 1 aliphatic rings. The first-order chi connectivity index (χ1) is 15.5. The molecule has 0 aliphatic carbocycles. The molecule has 0 aromatic carbocycles. The summed E-state index contributed by atoms with van der Waals surface area (Å²) in [4.78, 5) is 50.7. The Morgan fingerprint density at radius 3 is 2.39 bits per heavy atom. The van der Waals surface area contributed by atoms with Crippen molar-refractivity contribution in [1.29, 1.82) is 0 Å². The summed E-state index contributed by atoms with van der Waals surface area (Å²) < 4.78 is 15.9. The fourth-order valence-corrected chi connectivity index (χ4v) is 3.22. The van der Waals surface area contributed by atoms with Gasteiger partial charge in [-0.05, 0) is 60.2 Å². The molecule has 0 radical (unpaired) electrons. The summed E-state index contributed by atoms with van der Waals surface area (Å²) in [6.45, 7) is 7.76. The molecule has 0 aromatic heterocycles. The normalized spacial score (nSPS) is 18.0. The highest BCUT2D eigenvalue weighted by Crippen LogP contribution is 2.16. The molecule has 0 N–H and O–H groups in total. The van der Waals surface area contributed by atoms with Crippen LogP contribution in [0.2, 0.25) is 0 Å². The number of hydrogen-bond acceptors (Lipinski definition) is 8. The van der Waals surface area contributed by atoms with Gasteiger partial charge in [0, 0.05) is 47.5 Å². The average molecular weight is 532 g/mol. The summed E-state index contributed by atoms with van der Waals surface area (Å²) in [6.07, 6.45) is 8.48. The second-order valence-electron chi connectivity index (χ2n) is 8.18. The molecule has 0 bridgehead atoms. The Labute approximate surface area is 205 Å². The Kier molecular flexibility index (Phi) is 16.0. The van der Waals surface area contributed by atoms with Gasteiger partial charge in [0.2, 0.25) is 5.79 Å². The van der Waals surface area contributed by atoms with Crippen molar-refractivity contribution in [2.75, 3.05) is 20.8 Å². The molecule has 1 heterocycles. The molecular weight excluding hydrogens is 494 g/mol. The van der Waals surface area contributed by atoms with Crippen LogP contribution in [0, 0.1) is 5.92 Å². The van der Waals surface area contributed by atoms with Gasteiger partial charge in [-0.3, -0.25) is 19.4 Å². The second-order valence-corrected chi connectivity index (χ2v) is 8.99. The van der Waals surface area contributed by atoms with Crippen LogP contribution in [0.15, 0.2) is 16.6 Å². The first-order valence-electron chi connectivity index (χ1n) is 11.2. The first kappa shape index (κ1) is 31.3. The Hall–Kier alpha value is -1.71. The molecular formula is C24H38BrNO7. The van der Waals surface area contributed by atoms with Gasteiger partial charge in [-0.1, -0.05) is 13.3 Å². The largest absolute Gasteiger partial charge is 0.433 e. The summed E-state index contributed by atoms with van der Waals surface area (Å²) in [5.41, 5.74) is 0.408. The number of halogens is 1. The average Bonchev–Trinajstić information content (AvgIpc) is 2.78. The highest BCUT2D eigenvalue weighted by molar-refractivity contribution is 9.18. The second kappa shape index (κ2) is 16.8. The third-order valence-corrected chi connectivity index (χ3v) is 5.63. The van der Waals surface area contributed by atoms with Crippen LogP contribution in [-0.2, 0) is 33.4 Å². The number of hydrogen-bond donors (Lipinski definition) is 0. The van der Waals surface area contributed by atoms with Crippen LogP contribution in [0.3, 0.4) is 0 Å². The Morgan fingerprint density at radius 2 is 1.91 bits per heavy atom. The molecule has 8 nitrogen and oxygen atoms in total. The van der Waals surface area contributed by atoms with E-state index in [1.807, 2.05) is 0 Å². The molecule has 188 valence electrons. The van der Waals surface area contributed by atoms with Gasteiger partial charge in [0.15, 0.2) is 17.5 Å². The predicted octanol–water partition coefficient (Wildman–Crippen LogP) is 4.37. The van der Waals surface area contributed by atoms with Gasteiger partial charge in [-0.2, -0.15) is 0 Å². The third kappa shape index (κ3) is 13.6. The zero-order chi connectivity index (χ0) is 25.4. The summed E-state index contributed by atoms with van der Waals surface area (Å²) in [5.74, 6) is -4.77. The lowest BCUT2D eigenvalue weighted by atomic mass is 9.98. The molecule has 1 fully saturated rings. The van der Waals surface area contributed by atoms with E-state index in [9.17, 15) is 19.2 Å². The van der Waals surface area contributed by atoms with E-state index in [0.717, 1.165) is 6.61 Å². The molecule has 1 aliphatic heterocycles. The van der Waals surface area contributed by atoms with E-state index in [4.69, 9.17) is 14.2 Å². The van der Waals surface area contributed by atoms with Crippen molar-refractivity contribution in [2.24, 2.45) is 10.9 Å². The van der Waals surface area contributed by atoms with Crippen LogP contribution in [0.4, 0.5) is 0 Å². The Morgan fingerprint density at radius 1 is 1.24 bits per heavy atom. The van der Waals surface area contributed by atoms with Gasteiger partial charge in [0.05, 0.1) is 6.10 Å². The van der Waals surface area contributed by atoms with E-state index in [2.05, 4.69) is 27.8 Å². The highest BCUT2D eigenvalue weighted by Gasteiger charge is 2.32. The summed E-state index contributed by atoms with van der Waals surface area (Å²) >= 11 is 3.15. The minimum atomic E-state index is -1.57. The van der Waals surface area contributed by atoms with Crippen molar-refractivity contribution in [3.63, 3.8) is 0 Å². The number of esters is 1. The van der Waals surface area contributed by atoms with E-state index >= 15 is 0 Å². The molecule has 0 spiro atoms. The Bertz CT molecular complexity index is 707. The van der Waals surface area contributed by atoms with Crippen LogP contribution < -0.4 is 0 Å². The number of carbonyl (C=O) groups excluding carboxylic acids is 4. The van der Waals surface area contributed by atoms with E-state index < -0.39 is 23.5 Å². The van der Waals surface area contributed by atoms with Crippen molar-refractivity contribution >= 4 is 44.4 Å². The van der Waals surface area contributed by atoms with Crippen LogP contribution in [-0.4, -0.2) is 61.1 Å².